The van der Waals surface area contributed by atoms with Crippen molar-refractivity contribution in [2.45, 2.75) is 13.0 Å². The second-order valence-electron chi connectivity index (χ2n) is 5.58. The summed E-state index contributed by atoms with van der Waals surface area (Å²) in [5.41, 5.74) is 2.52. The molecule has 0 saturated heterocycles. The molecule has 1 heterocycles. The summed E-state index contributed by atoms with van der Waals surface area (Å²) in [6.07, 6.45) is 0. The summed E-state index contributed by atoms with van der Waals surface area (Å²) in [5, 5.41) is 8.36. The highest BCUT2D eigenvalue weighted by molar-refractivity contribution is 9.10. The highest BCUT2D eigenvalue weighted by atomic mass is 79.9. The molecule has 128 valence electrons. The van der Waals surface area contributed by atoms with Crippen LogP contribution in [0.5, 0.6) is 0 Å². The minimum Gasteiger partial charge on any atom is -0.327 e. The first kappa shape index (κ1) is 17.7. The number of carbonyl (C=O) groups excluding carboxylic acids is 2. The molecule has 3 amide bonds. The van der Waals surface area contributed by atoms with Crippen LogP contribution in [0.15, 0.2) is 68.7 Å². The Morgan fingerprint density at radius 1 is 1.00 bits per heavy atom. The molecule has 5 nitrogen and oxygen atoms in total. The van der Waals surface area contributed by atoms with E-state index in [4.69, 9.17) is 0 Å². The van der Waals surface area contributed by atoms with Crippen molar-refractivity contribution in [3.8, 4) is 0 Å². The van der Waals surface area contributed by atoms with E-state index < -0.39 is 6.04 Å². The third-order valence-electron chi connectivity index (χ3n) is 3.82. The lowest BCUT2D eigenvalue weighted by molar-refractivity contribution is -0.113. The first-order chi connectivity index (χ1) is 11.9. The first-order valence-corrected chi connectivity index (χ1v) is 9.13. The van der Waals surface area contributed by atoms with Crippen molar-refractivity contribution in [3.05, 3.63) is 74.3 Å². The standard InChI is InChI=1S/C18H15Br2N3O2/c1-10-15(17(24)22-14-8-6-13(20)7-9-14)16(23-18(25)21-10)11-2-4-12(19)5-3-11/h2-9,16H,1H3,(H,22,24)(H2,21,23,25)/t16-/m0/s1. The van der Waals surface area contributed by atoms with Crippen LogP contribution >= 0.6 is 31.9 Å². The van der Waals surface area contributed by atoms with E-state index in [1.165, 1.54) is 0 Å². The predicted molar refractivity (Wildman–Crippen MR) is 104 cm³/mol. The molecule has 0 aliphatic carbocycles. The normalized spacial score (nSPS) is 16.9. The second-order valence-corrected chi connectivity index (χ2v) is 7.41. The van der Waals surface area contributed by atoms with E-state index >= 15 is 0 Å². The van der Waals surface area contributed by atoms with E-state index in [2.05, 4.69) is 47.8 Å². The molecule has 0 unspecified atom stereocenters. The number of amides is 3. The molecule has 0 radical (unpaired) electrons. The smallest absolute Gasteiger partial charge is 0.319 e. The number of benzene rings is 2. The molecule has 3 N–H and O–H groups in total. The van der Waals surface area contributed by atoms with Crippen LogP contribution in [0, 0.1) is 0 Å². The van der Waals surface area contributed by atoms with Gasteiger partial charge in [0, 0.05) is 20.3 Å². The van der Waals surface area contributed by atoms with Gasteiger partial charge in [0.15, 0.2) is 0 Å². The topological polar surface area (TPSA) is 70.2 Å². The summed E-state index contributed by atoms with van der Waals surface area (Å²) < 4.78 is 1.86. The molecular formula is C18H15Br2N3O2. The highest BCUT2D eigenvalue weighted by Gasteiger charge is 2.31. The van der Waals surface area contributed by atoms with Crippen molar-refractivity contribution in [2.75, 3.05) is 5.32 Å². The van der Waals surface area contributed by atoms with Crippen LogP contribution in [0.3, 0.4) is 0 Å². The molecule has 2 aromatic carbocycles. The van der Waals surface area contributed by atoms with E-state index in [0.29, 0.717) is 17.0 Å². The number of allylic oxidation sites excluding steroid dienone is 1. The number of hydrogen-bond acceptors (Lipinski definition) is 2. The Morgan fingerprint density at radius 2 is 1.56 bits per heavy atom. The fraction of sp³-hybridized carbons (Fsp3) is 0.111. The Bertz CT molecular complexity index is 846. The lowest BCUT2D eigenvalue weighted by Crippen LogP contribution is -2.45. The van der Waals surface area contributed by atoms with Gasteiger partial charge in [-0.25, -0.2) is 4.79 Å². The minimum absolute atomic E-state index is 0.264. The highest BCUT2D eigenvalue weighted by Crippen LogP contribution is 2.28. The summed E-state index contributed by atoms with van der Waals surface area (Å²) in [7, 11) is 0. The van der Waals surface area contributed by atoms with Gasteiger partial charge in [-0.1, -0.05) is 44.0 Å². The Balaban J connectivity index is 1.92. The number of anilines is 1. The summed E-state index contributed by atoms with van der Waals surface area (Å²) in [5.74, 6) is -0.264. The molecule has 0 fully saturated rings. The van der Waals surface area contributed by atoms with Crippen LogP contribution in [0.4, 0.5) is 10.5 Å². The zero-order valence-electron chi connectivity index (χ0n) is 13.3. The first-order valence-electron chi connectivity index (χ1n) is 7.54. The fourth-order valence-electron chi connectivity index (χ4n) is 2.63. The number of nitrogens with one attached hydrogen (secondary N) is 3. The quantitative estimate of drug-likeness (QED) is 0.626. The van der Waals surface area contributed by atoms with Crippen LogP contribution in [-0.2, 0) is 4.79 Å². The van der Waals surface area contributed by atoms with Gasteiger partial charge in [-0.3, -0.25) is 4.79 Å². The van der Waals surface area contributed by atoms with E-state index in [1.807, 2.05) is 36.4 Å². The molecule has 0 aromatic heterocycles. The molecule has 1 aliphatic heterocycles. The van der Waals surface area contributed by atoms with Crippen LogP contribution < -0.4 is 16.0 Å². The molecule has 0 spiro atoms. The van der Waals surface area contributed by atoms with Gasteiger partial charge in [-0.2, -0.15) is 0 Å². The average molecular weight is 465 g/mol. The molecule has 1 aliphatic rings. The predicted octanol–water partition coefficient (Wildman–Crippen LogP) is 4.48. The molecule has 0 bridgehead atoms. The number of rotatable bonds is 3. The molecule has 2 aromatic rings. The van der Waals surface area contributed by atoms with Crippen molar-refractivity contribution in [1.82, 2.24) is 10.6 Å². The van der Waals surface area contributed by atoms with Gasteiger partial charge in [0.2, 0.25) is 0 Å². The maximum absolute atomic E-state index is 12.8. The number of carbonyl (C=O) groups is 2. The van der Waals surface area contributed by atoms with Crippen molar-refractivity contribution < 1.29 is 9.59 Å². The SMILES string of the molecule is CC1=C(C(=O)Nc2ccc(Br)cc2)[C@H](c2ccc(Br)cc2)NC(=O)N1. The van der Waals surface area contributed by atoms with Crippen molar-refractivity contribution in [3.63, 3.8) is 0 Å². The zero-order valence-corrected chi connectivity index (χ0v) is 16.4. The van der Waals surface area contributed by atoms with Gasteiger partial charge in [0.05, 0.1) is 11.6 Å². The zero-order chi connectivity index (χ0) is 18.0. The summed E-state index contributed by atoms with van der Waals surface area (Å²) >= 11 is 6.76. The summed E-state index contributed by atoms with van der Waals surface area (Å²) in [4.78, 5) is 24.7. The molecule has 25 heavy (non-hydrogen) atoms. The van der Waals surface area contributed by atoms with Gasteiger partial charge in [0.1, 0.15) is 0 Å². The van der Waals surface area contributed by atoms with Gasteiger partial charge in [-0.05, 0) is 48.9 Å². The molecule has 7 heteroatoms. The Hall–Kier alpha value is -2.12. The number of halogens is 2. The average Bonchev–Trinajstić information content (AvgIpc) is 2.57. The van der Waals surface area contributed by atoms with Crippen LogP contribution in [0.1, 0.15) is 18.5 Å². The Morgan fingerprint density at radius 3 is 2.16 bits per heavy atom. The maximum atomic E-state index is 12.8. The van der Waals surface area contributed by atoms with Crippen LogP contribution in [0.2, 0.25) is 0 Å². The van der Waals surface area contributed by atoms with Gasteiger partial charge >= 0.3 is 6.03 Å². The third kappa shape index (κ3) is 4.11. The number of urea groups is 1. The minimum atomic E-state index is -0.516. The van der Waals surface area contributed by atoms with Crippen molar-refractivity contribution in [2.24, 2.45) is 0 Å². The maximum Gasteiger partial charge on any atom is 0.319 e. The van der Waals surface area contributed by atoms with E-state index in [9.17, 15) is 9.59 Å². The van der Waals surface area contributed by atoms with Gasteiger partial charge in [-0.15, -0.1) is 0 Å². The number of hydrogen-bond donors (Lipinski definition) is 3. The lowest BCUT2D eigenvalue weighted by atomic mass is 9.95. The van der Waals surface area contributed by atoms with Crippen molar-refractivity contribution >= 4 is 49.5 Å². The fourth-order valence-corrected chi connectivity index (χ4v) is 3.16. The van der Waals surface area contributed by atoms with Gasteiger partial charge < -0.3 is 16.0 Å². The van der Waals surface area contributed by atoms with Crippen LogP contribution in [-0.4, -0.2) is 11.9 Å². The summed E-state index contributed by atoms with van der Waals surface area (Å²) in [6.45, 7) is 1.72. The van der Waals surface area contributed by atoms with Crippen molar-refractivity contribution in [1.29, 1.82) is 0 Å². The van der Waals surface area contributed by atoms with E-state index in [1.54, 1.807) is 19.1 Å². The van der Waals surface area contributed by atoms with E-state index in [-0.39, 0.29) is 11.9 Å². The monoisotopic (exact) mass is 463 g/mol. The van der Waals surface area contributed by atoms with Crippen LogP contribution in [0.25, 0.3) is 0 Å². The largest absolute Gasteiger partial charge is 0.327 e. The molecule has 3 rings (SSSR count). The molecular weight excluding hydrogens is 450 g/mol. The lowest BCUT2D eigenvalue weighted by Gasteiger charge is -2.28. The second kappa shape index (κ2) is 7.41. The van der Waals surface area contributed by atoms with E-state index in [0.717, 1.165) is 14.5 Å². The molecule has 0 saturated carbocycles. The van der Waals surface area contributed by atoms with Gasteiger partial charge in [0.25, 0.3) is 5.91 Å². The Labute approximate surface area is 162 Å². The third-order valence-corrected chi connectivity index (χ3v) is 4.88. The summed E-state index contributed by atoms with van der Waals surface area (Å²) in [6, 6.07) is 14.0. The Kier molecular flexibility index (Phi) is 5.24. The molecule has 1 atom stereocenters.